The molecule has 6 nitrogen and oxygen atoms in total. The molecule has 0 radical (unpaired) electrons. The third-order valence-corrected chi connectivity index (χ3v) is 5.29. The van der Waals surface area contributed by atoms with Crippen molar-refractivity contribution in [3.8, 4) is 40.0 Å². The Balaban J connectivity index is 0.00000192. The van der Waals surface area contributed by atoms with Crippen molar-refractivity contribution in [2.45, 2.75) is 13.0 Å². The summed E-state index contributed by atoms with van der Waals surface area (Å²) < 4.78 is 30.3. The molecule has 0 atom stereocenters. The molecule has 146 valence electrons. The predicted octanol–water partition coefficient (Wildman–Crippen LogP) is 0.109. The molecule has 7 heteroatoms. The van der Waals surface area contributed by atoms with Gasteiger partial charge < -0.3 is 36.1 Å². The van der Waals surface area contributed by atoms with Gasteiger partial charge in [-0.25, -0.2) is 0 Å². The third kappa shape index (κ3) is 2.52. The van der Waals surface area contributed by atoms with Gasteiger partial charge in [-0.05, 0) is 29.1 Å². The standard InChI is InChI=1S/C21H20NO5.ClH/c1-23-16-5-4-12-8-15-18-13(6-7-22(15)10-14(12)19(16)24-2)9-17-20(21(18)25-3)27-11-26-17;/h4-5,8-10H,6-7,11H2,1-3H3;1H/q+1;/p-1. The van der Waals surface area contributed by atoms with Crippen molar-refractivity contribution in [1.82, 2.24) is 0 Å². The van der Waals surface area contributed by atoms with E-state index < -0.39 is 0 Å². The Labute approximate surface area is 168 Å². The van der Waals surface area contributed by atoms with Crippen molar-refractivity contribution >= 4 is 10.8 Å². The molecule has 0 N–H and O–H groups in total. The van der Waals surface area contributed by atoms with Crippen molar-refractivity contribution < 1.29 is 40.7 Å². The summed E-state index contributed by atoms with van der Waals surface area (Å²) >= 11 is 0. The Morgan fingerprint density at radius 1 is 0.964 bits per heavy atom. The lowest BCUT2D eigenvalue weighted by molar-refractivity contribution is -0.686. The Morgan fingerprint density at radius 2 is 1.79 bits per heavy atom. The van der Waals surface area contributed by atoms with Crippen LogP contribution in [0.15, 0.2) is 30.5 Å². The average molecular weight is 402 g/mol. The van der Waals surface area contributed by atoms with Crippen molar-refractivity contribution in [2.24, 2.45) is 0 Å². The number of hydrogen-bond acceptors (Lipinski definition) is 5. The lowest BCUT2D eigenvalue weighted by Gasteiger charge is -2.20. The maximum Gasteiger partial charge on any atom is 0.231 e. The number of nitrogens with zero attached hydrogens (tertiary/aromatic N) is 1. The van der Waals surface area contributed by atoms with E-state index in [2.05, 4.69) is 22.9 Å². The number of hydrogen-bond donors (Lipinski definition) is 0. The summed E-state index contributed by atoms with van der Waals surface area (Å²) in [6.07, 6.45) is 3.01. The van der Waals surface area contributed by atoms with Gasteiger partial charge in [0, 0.05) is 12.5 Å². The molecule has 0 saturated heterocycles. The number of aromatic nitrogens is 1. The first-order valence-corrected chi connectivity index (χ1v) is 8.83. The summed E-state index contributed by atoms with van der Waals surface area (Å²) in [7, 11) is 4.99. The summed E-state index contributed by atoms with van der Waals surface area (Å²) in [4.78, 5) is 0. The van der Waals surface area contributed by atoms with E-state index in [4.69, 9.17) is 23.7 Å². The van der Waals surface area contributed by atoms with Gasteiger partial charge in [0.2, 0.25) is 18.2 Å². The quantitative estimate of drug-likeness (QED) is 0.583. The monoisotopic (exact) mass is 401 g/mol. The number of fused-ring (bicyclic) bond motifs is 5. The van der Waals surface area contributed by atoms with Gasteiger partial charge in [0.25, 0.3) is 0 Å². The first kappa shape index (κ1) is 18.5. The van der Waals surface area contributed by atoms with Gasteiger partial charge in [0.1, 0.15) is 0 Å². The van der Waals surface area contributed by atoms with Crippen LogP contribution >= 0.6 is 0 Å². The molecule has 2 aromatic carbocycles. The summed E-state index contributed by atoms with van der Waals surface area (Å²) in [6.45, 7) is 1.09. The van der Waals surface area contributed by atoms with Crippen LogP contribution in [0.1, 0.15) is 5.56 Å². The van der Waals surface area contributed by atoms with Crippen LogP contribution in [-0.2, 0) is 13.0 Å². The fraction of sp³-hybridized carbons (Fsp3) is 0.286. The molecule has 0 saturated carbocycles. The van der Waals surface area contributed by atoms with E-state index in [1.807, 2.05) is 12.1 Å². The molecule has 28 heavy (non-hydrogen) atoms. The van der Waals surface area contributed by atoms with Crippen LogP contribution in [0, 0.1) is 0 Å². The summed E-state index contributed by atoms with van der Waals surface area (Å²) in [5.41, 5.74) is 3.35. The predicted molar refractivity (Wildman–Crippen MR) is 99.1 cm³/mol. The highest BCUT2D eigenvalue weighted by Gasteiger charge is 2.33. The van der Waals surface area contributed by atoms with Crippen LogP contribution in [0.3, 0.4) is 0 Å². The van der Waals surface area contributed by atoms with Gasteiger partial charge in [0.15, 0.2) is 35.7 Å². The minimum atomic E-state index is 0. The van der Waals surface area contributed by atoms with Crippen LogP contribution in [0.25, 0.3) is 22.0 Å². The van der Waals surface area contributed by atoms with E-state index in [1.165, 1.54) is 5.56 Å². The van der Waals surface area contributed by atoms with Crippen molar-refractivity contribution in [2.75, 3.05) is 28.1 Å². The van der Waals surface area contributed by atoms with Crippen LogP contribution < -0.4 is 40.7 Å². The number of methoxy groups -OCH3 is 3. The number of pyridine rings is 1. The second-order valence-corrected chi connectivity index (χ2v) is 6.58. The second kappa shape index (κ2) is 6.95. The largest absolute Gasteiger partial charge is 1.00 e. The van der Waals surface area contributed by atoms with Crippen molar-refractivity contribution in [3.05, 3.63) is 36.0 Å². The van der Waals surface area contributed by atoms with Crippen LogP contribution in [0.4, 0.5) is 0 Å². The van der Waals surface area contributed by atoms with E-state index in [-0.39, 0.29) is 19.2 Å². The number of benzene rings is 2. The van der Waals surface area contributed by atoms with E-state index in [0.29, 0.717) is 5.75 Å². The second-order valence-electron chi connectivity index (χ2n) is 6.58. The highest BCUT2D eigenvalue weighted by molar-refractivity contribution is 5.92. The summed E-state index contributed by atoms with van der Waals surface area (Å²) in [6, 6.07) is 8.21. The molecule has 0 spiro atoms. The average Bonchev–Trinajstić information content (AvgIpc) is 3.17. The highest BCUT2D eigenvalue weighted by Crippen LogP contribution is 2.50. The number of ether oxygens (including phenoxy) is 5. The maximum absolute atomic E-state index is 5.74. The Hall–Kier alpha value is -2.86. The molecular formula is C21H20ClNO5. The van der Waals surface area contributed by atoms with Gasteiger partial charge in [-0.1, -0.05) is 0 Å². The van der Waals surface area contributed by atoms with Gasteiger partial charge in [-0.15, -0.1) is 0 Å². The van der Waals surface area contributed by atoms with Crippen LogP contribution in [-0.4, -0.2) is 28.1 Å². The molecule has 2 aliphatic rings. The zero-order valence-corrected chi connectivity index (χ0v) is 16.6. The molecule has 0 unspecified atom stereocenters. The first-order valence-electron chi connectivity index (χ1n) is 8.83. The maximum atomic E-state index is 5.74. The number of halogens is 1. The molecule has 1 aromatic heterocycles. The topological polar surface area (TPSA) is 50.0 Å². The van der Waals surface area contributed by atoms with E-state index in [0.717, 1.165) is 58.0 Å². The van der Waals surface area contributed by atoms with E-state index in [9.17, 15) is 0 Å². The summed E-state index contributed by atoms with van der Waals surface area (Å²) in [5, 5.41) is 2.09. The fourth-order valence-electron chi connectivity index (χ4n) is 4.06. The molecule has 0 amide bonds. The molecule has 3 heterocycles. The molecule has 3 aromatic rings. The lowest BCUT2D eigenvalue weighted by atomic mass is 9.94. The number of aryl methyl sites for hydroxylation is 2. The molecule has 0 fully saturated rings. The molecule has 5 rings (SSSR count). The van der Waals surface area contributed by atoms with Gasteiger partial charge in [-0.2, -0.15) is 4.57 Å². The Kier molecular flexibility index (Phi) is 4.59. The highest BCUT2D eigenvalue weighted by atomic mass is 35.5. The van der Waals surface area contributed by atoms with Crippen LogP contribution in [0.2, 0.25) is 0 Å². The van der Waals surface area contributed by atoms with Crippen molar-refractivity contribution in [3.63, 3.8) is 0 Å². The molecule has 2 aliphatic heterocycles. The van der Waals surface area contributed by atoms with Crippen LogP contribution in [0.5, 0.6) is 28.7 Å². The molecule has 0 aliphatic carbocycles. The fourth-order valence-corrected chi connectivity index (χ4v) is 4.06. The smallest absolute Gasteiger partial charge is 0.231 e. The van der Waals surface area contributed by atoms with E-state index in [1.54, 1.807) is 21.3 Å². The van der Waals surface area contributed by atoms with Gasteiger partial charge >= 0.3 is 0 Å². The first-order chi connectivity index (χ1) is 13.2. The third-order valence-electron chi connectivity index (χ3n) is 5.29. The Bertz CT molecular complexity index is 1080. The SMILES string of the molecule is COc1ccc2cc3[n+](cc2c1OC)CCc1cc2c(c(OC)c1-3)OCO2.[Cl-]. The zero-order chi connectivity index (χ0) is 18.5. The molecular weight excluding hydrogens is 382 g/mol. The Morgan fingerprint density at radius 3 is 2.54 bits per heavy atom. The van der Waals surface area contributed by atoms with E-state index >= 15 is 0 Å². The minimum Gasteiger partial charge on any atom is -1.00 e. The minimum absolute atomic E-state index is 0. The zero-order valence-electron chi connectivity index (χ0n) is 15.9. The molecule has 0 bridgehead atoms. The van der Waals surface area contributed by atoms with Crippen molar-refractivity contribution in [1.29, 1.82) is 0 Å². The van der Waals surface area contributed by atoms with Gasteiger partial charge in [0.05, 0.1) is 32.3 Å². The van der Waals surface area contributed by atoms with Gasteiger partial charge in [-0.3, -0.25) is 0 Å². The normalized spacial score (nSPS) is 13.4. The lowest BCUT2D eigenvalue weighted by Crippen LogP contribution is -3.00. The number of rotatable bonds is 3. The summed E-state index contributed by atoms with van der Waals surface area (Å²) in [5.74, 6) is 3.63.